The molecule has 0 fully saturated rings. The molecule has 7 nitrogen and oxygen atoms in total. The number of amides is 1. The normalized spacial score (nSPS) is 16.7. The first kappa shape index (κ1) is 21.9. The highest BCUT2D eigenvalue weighted by Crippen LogP contribution is 2.22. The van der Waals surface area contributed by atoms with Crippen LogP contribution in [-0.2, 0) is 14.8 Å². The SMILES string of the molecule is O=C(CCCCCN=C1NS(=O)(=O)c2ccccc21)NCC(O)c1cccc(F)c1. The molecule has 1 heterocycles. The van der Waals surface area contributed by atoms with Crippen molar-refractivity contribution in [3.63, 3.8) is 0 Å². The van der Waals surface area contributed by atoms with Crippen molar-refractivity contribution >= 4 is 21.8 Å². The Hall–Kier alpha value is -2.78. The number of unbranched alkanes of at least 4 members (excludes halogenated alkanes) is 2. The molecule has 0 aliphatic carbocycles. The summed E-state index contributed by atoms with van der Waals surface area (Å²) in [5.41, 5.74) is 0.993. The van der Waals surface area contributed by atoms with Gasteiger partial charge in [0.15, 0.2) is 0 Å². The third kappa shape index (κ3) is 5.64. The lowest BCUT2D eigenvalue weighted by Crippen LogP contribution is -2.28. The van der Waals surface area contributed by atoms with Crippen molar-refractivity contribution in [1.29, 1.82) is 0 Å². The minimum Gasteiger partial charge on any atom is -0.387 e. The van der Waals surface area contributed by atoms with Gasteiger partial charge < -0.3 is 10.4 Å². The largest absolute Gasteiger partial charge is 0.387 e. The van der Waals surface area contributed by atoms with Crippen LogP contribution < -0.4 is 10.0 Å². The zero-order chi connectivity index (χ0) is 21.6. The highest BCUT2D eigenvalue weighted by Gasteiger charge is 2.29. The number of halogens is 1. The number of sulfonamides is 1. The Balaban J connectivity index is 1.35. The Kier molecular flexibility index (Phi) is 7.17. The zero-order valence-corrected chi connectivity index (χ0v) is 17.2. The van der Waals surface area contributed by atoms with E-state index < -0.39 is 21.9 Å². The number of aliphatic hydroxyl groups is 1. The molecule has 0 bridgehead atoms. The van der Waals surface area contributed by atoms with Crippen molar-refractivity contribution in [2.75, 3.05) is 13.1 Å². The summed E-state index contributed by atoms with van der Waals surface area (Å²) in [6, 6.07) is 12.3. The van der Waals surface area contributed by atoms with E-state index in [0.29, 0.717) is 42.8 Å². The Morgan fingerprint density at radius 2 is 1.93 bits per heavy atom. The number of nitrogens with zero attached hydrogens (tertiary/aromatic N) is 1. The molecule has 1 unspecified atom stereocenters. The summed E-state index contributed by atoms with van der Waals surface area (Å²) >= 11 is 0. The van der Waals surface area contributed by atoms with Crippen LogP contribution in [0.3, 0.4) is 0 Å². The lowest BCUT2D eigenvalue weighted by Gasteiger charge is -2.12. The lowest BCUT2D eigenvalue weighted by molar-refractivity contribution is -0.121. The van der Waals surface area contributed by atoms with Gasteiger partial charge in [0.25, 0.3) is 10.0 Å². The Morgan fingerprint density at radius 1 is 1.13 bits per heavy atom. The maximum Gasteiger partial charge on any atom is 0.263 e. The van der Waals surface area contributed by atoms with Crippen LogP contribution in [-0.4, -0.2) is 38.4 Å². The van der Waals surface area contributed by atoms with Gasteiger partial charge >= 0.3 is 0 Å². The molecule has 0 saturated heterocycles. The second-order valence-electron chi connectivity index (χ2n) is 7.02. The second kappa shape index (κ2) is 9.82. The predicted molar refractivity (Wildman–Crippen MR) is 111 cm³/mol. The van der Waals surface area contributed by atoms with Crippen LogP contribution in [0.5, 0.6) is 0 Å². The summed E-state index contributed by atoms with van der Waals surface area (Å²) in [7, 11) is -3.52. The Bertz CT molecular complexity index is 1040. The van der Waals surface area contributed by atoms with Gasteiger partial charge in [0.1, 0.15) is 11.7 Å². The molecule has 3 rings (SSSR count). The van der Waals surface area contributed by atoms with Crippen LogP contribution in [0.15, 0.2) is 58.4 Å². The smallest absolute Gasteiger partial charge is 0.263 e. The predicted octanol–water partition coefficient (Wildman–Crippen LogP) is 2.27. The number of hydrogen-bond donors (Lipinski definition) is 3. The van der Waals surface area contributed by atoms with Crippen molar-refractivity contribution in [1.82, 2.24) is 10.0 Å². The van der Waals surface area contributed by atoms with E-state index in [1.165, 1.54) is 18.2 Å². The van der Waals surface area contributed by atoms with Crippen molar-refractivity contribution in [3.8, 4) is 0 Å². The highest BCUT2D eigenvalue weighted by atomic mass is 32.2. The number of nitrogens with one attached hydrogen (secondary N) is 2. The van der Waals surface area contributed by atoms with Crippen LogP contribution >= 0.6 is 0 Å². The van der Waals surface area contributed by atoms with E-state index in [9.17, 15) is 22.7 Å². The molecule has 160 valence electrons. The number of fused-ring (bicyclic) bond motifs is 1. The molecule has 3 N–H and O–H groups in total. The monoisotopic (exact) mass is 433 g/mol. The second-order valence-corrected chi connectivity index (χ2v) is 8.67. The van der Waals surface area contributed by atoms with Gasteiger partial charge in [-0.15, -0.1) is 0 Å². The zero-order valence-electron chi connectivity index (χ0n) is 16.3. The third-order valence-corrected chi connectivity index (χ3v) is 6.12. The van der Waals surface area contributed by atoms with E-state index in [1.54, 1.807) is 30.3 Å². The first-order valence-corrected chi connectivity index (χ1v) is 11.2. The number of amidine groups is 1. The van der Waals surface area contributed by atoms with E-state index in [1.807, 2.05) is 0 Å². The van der Waals surface area contributed by atoms with Gasteiger partial charge in [-0.2, -0.15) is 0 Å². The fraction of sp³-hybridized carbons (Fsp3) is 0.333. The van der Waals surface area contributed by atoms with E-state index in [0.717, 1.165) is 6.42 Å². The van der Waals surface area contributed by atoms with Crippen molar-refractivity contribution in [3.05, 3.63) is 65.5 Å². The van der Waals surface area contributed by atoms with Crippen LogP contribution in [0, 0.1) is 5.82 Å². The lowest BCUT2D eigenvalue weighted by atomic mass is 10.1. The minimum absolute atomic E-state index is 0.0233. The average molecular weight is 434 g/mol. The molecule has 0 saturated carbocycles. The fourth-order valence-corrected chi connectivity index (χ4v) is 4.40. The number of rotatable bonds is 9. The van der Waals surface area contributed by atoms with Gasteiger partial charge in [-0.05, 0) is 42.7 Å². The van der Waals surface area contributed by atoms with Gasteiger partial charge in [-0.3, -0.25) is 14.5 Å². The summed E-state index contributed by atoms with van der Waals surface area (Å²) in [5, 5.41) is 12.6. The molecule has 9 heteroatoms. The van der Waals surface area contributed by atoms with Crippen LogP contribution in [0.1, 0.15) is 42.9 Å². The van der Waals surface area contributed by atoms with Crippen LogP contribution in [0.25, 0.3) is 0 Å². The Labute approximate surface area is 175 Å². The molecule has 1 amide bonds. The number of hydrogen-bond acceptors (Lipinski definition) is 5. The van der Waals surface area contributed by atoms with E-state index in [2.05, 4.69) is 15.0 Å². The first-order valence-electron chi connectivity index (χ1n) is 9.74. The van der Waals surface area contributed by atoms with Crippen LogP contribution in [0.2, 0.25) is 0 Å². The molecular weight excluding hydrogens is 409 g/mol. The molecule has 2 aromatic carbocycles. The van der Waals surface area contributed by atoms with E-state index in [-0.39, 0.29) is 17.3 Å². The van der Waals surface area contributed by atoms with Crippen LogP contribution in [0.4, 0.5) is 4.39 Å². The number of aliphatic imine (C=N–C) groups is 1. The molecule has 0 spiro atoms. The molecule has 0 radical (unpaired) electrons. The number of carbonyl (C=O) groups excluding carboxylic acids is 1. The number of aliphatic hydroxyl groups excluding tert-OH is 1. The maximum atomic E-state index is 13.2. The van der Waals surface area contributed by atoms with Gasteiger partial charge in [-0.1, -0.05) is 30.7 Å². The average Bonchev–Trinajstić information content (AvgIpc) is 2.99. The topological polar surface area (TPSA) is 108 Å². The van der Waals surface area contributed by atoms with Crippen molar-refractivity contribution in [2.24, 2.45) is 4.99 Å². The van der Waals surface area contributed by atoms with Gasteiger partial charge in [-0.25, -0.2) is 12.8 Å². The summed E-state index contributed by atoms with van der Waals surface area (Å²) < 4.78 is 39.7. The molecular formula is C21H24FN3O4S. The standard InChI is InChI=1S/C21H24FN3O4S/c22-16-8-6-7-15(13-16)18(26)14-24-20(27)11-2-1-5-12-23-21-17-9-3-4-10-19(17)30(28,29)25-21/h3-4,6-10,13,18,26H,1-2,5,11-12,14H2,(H,23,25)(H,24,27). The van der Waals surface area contributed by atoms with E-state index in [4.69, 9.17) is 0 Å². The summed E-state index contributed by atoms with van der Waals surface area (Å²) in [6.07, 6.45) is 1.47. The molecule has 1 atom stereocenters. The number of carbonyl (C=O) groups is 1. The first-order chi connectivity index (χ1) is 14.4. The highest BCUT2D eigenvalue weighted by molar-refractivity contribution is 7.90. The maximum absolute atomic E-state index is 13.2. The molecule has 30 heavy (non-hydrogen) atoms. The third-order valence-electron chi connectivity index (χ3n) is 4.72. The van der Waals surface area contributed by atoms with Gasteiger partial charge in [0, 0.05) is 25.1 Å². The van der Waals surface area contributed by atoms with Gasteiger partial charge in [0.2, 0.25) is 5.91 Å². The summed E-state index contributed by atoms with van der Waals surface area (Å²) in [5.74, 6) is -0.265. The fourth-order valence-electron chi connectivity index (χ4n) is 3.15. The van der Waals surface area contributed by atoms with Crippen molar-refractivity contribution < 1.29 is 22.7 Å². The Morgan fingerprint density at radius 3 is 2.73 bits per heavy atom. The summed E-state index contributed by atoms with van der Waals surface area (Å²) in [6.45, 7) is 0.474. The number of benzene rings is 2. The molecule has 1 aliphatic rings. The molecule has 2 aromatic rings. The minimum atomic E-state index is -3.52. The van der Waals surface area contributed by atoms with Gasteiger partial charge in [0.05, 0.1) is 11.0 Å². The van der Waals surface area contributed by atoms with Crippen molar-refractivity contribution in [2.45, 2.75) is 36.7 Å². The molecule has 0 aromatic heterocycles. The molecule has 1 aliphatic heterocycles. The summed E-state index contributed by atoms with van der Waals surface area (Å²) in [4.78, 5) is 16.5. The quantitative estimate of drug-likeness (QED) is 0.527. The van der Waals surface area contributed by atoms with E-state index >= 15 is 0 Å².